The van der Waals surface area contributed by atoms with Gasteiger partial charge in [0, 0.05) is 45.1 Å². The van der Waals surface area contributed by atoms with Crippen LogP contribution >= 0.6 is 0 Å². The lowest BCUT2D eigenvalue weighted by Gasteiger charge is -2.36. The Balaban J connectivity index is 1.24. The van der Waals surface area contributed by atoms with Gasteiger partial charge < -0.3 is 14.5 Å². The third-order valence-electron chi connectivity index (χ3n) is 8.38. The van der Waals surface area contributed by atoms with Crippen molar-refractivity contribution in [2.45, 2.75) is 31.5 Å². The van der Waals surface area contributed by atoms with E-state index in [9.17, 15) is 35.9 Å². The first-order chi connectivity index (χ1) is 22.8. The molecule has 6 rings (SSSR count). The van der Waals surface area contributed by atoms with Crippen LogP contribution in [0.3, 0.4) is 0 Å². The minimum absolute atomic E-state index is 0.0301. The quantitative estimate of drug-likeness (QED) is 0.267. The number of rotatable bonds is 7. The molecule has 2 aliphatic heterocycles. The van der Waals surface area contributed by atoms with Crippen LogP contribution in [0.25, 0.3) is 0 Å². The van der Waals surface area contributed by atoms with Crippen LogP contribution in [0.15, 0.2) is 71.8 Å². The maximum absolute atomic E-state index is 14.2. The molecule has 2 aliphatic rings. The fraction of sp³-hybridized carbons (Fsp3) is 0.344. The van der Waals surface area contributed by atoms with Crippen molar-refractivity contribution in [1.82, 2.24) is 29.5 Å². The summed E-state index contributed by atoms with van der Waals surface area (Å²) in [5.41, 5.74) is -1.63. The molecule has 10 nitrogen and oxygen atoms in total. The van der Waals surface area contributed by atoms with Crippen LogP contribution < -0.4 is 15.2 Å². The third kappa shape index (κ3) is 6.83. The van der Waals surface area contributed by atoms with Gasteiger partial charge in [-0.1, -0.05) is 36.4 Å². The zero-order chi connectivity index (χ0) is 34.2. The van der Waals surface area contributed by atoms with Crippen molar-refractivity contribution >= 4 is 11.9 Å². The Morgan fingerprint density at radius 2 is 1.58 bits per heavy atom. The summed E-state index contributed by atoms with van der Waals surface area (Å²) in [5.74, 6) is 0.367. The fourth-order valence-electron chi connectivity index (χ4n) is 5.92. The van der Waals surface area contributed by atoms with Crippen molar-refractivity contribution in [2.24, 2.45) is 0 Å². The highest BCUT2D eigenvalue weighted by Crippen LogP contribution is 2.39. The van der Waals surface area contributed by atoms with Gasteiger partial charge in [-0.3, -0.25) is 14.5 Å². The maximum atomic E-state index is 14.2. The van der Waals surface area contributed by atoms with E-state index in [-0.39, 0.29) is 63.4 Å². The predicted molar refractivity (Wildman–Crippen MR) is 160 cm³/mol. The van der Waals surface area contributed by atoms with Crippen LogP contribution in [0.2, 0.25) is 0 Å². The number of halogens is 6. The Bertz CT molecular complexity index is 1840. The molecule has 4 heterocycles. The number of benzene rings is 2. The monoisotopic (exact) mass is 673 g/mol. The summed E-state index contributed by atoms with van der Waals surface area (Å²) in [5, 5.41) is 4.42. The lowest BCUT2D eigenvalue weighted by atomic mass is 10.0. The topological polar surface area (TPSA) is 96.7 Å². The molecule has 1 fully saturated rings. The predicted octanol–water partition coefficient (Wildman–Crippen LogP) is 4.38. The Hall–Kier alpha value is -4.99. The molecule has 0 spiro atoms. The van der Waals surface area contributed by atoms with Crippen LogP contribution in [-0.2, 0) is 30.2 Å². The van der Waals surface area contributed by atoms with Gasteiger partial charge in [0.25, 0.3) is 5.56 Å². The number of methoxy groups -OCH3 is 1. The summed E-state index contributed by atoms with van der Waals surface area (Å²) < 4.78 is 87.3. The number of carbonyl (C=O) groups excluding carboxylic acids is 1. The van der Waals surface area contributed by atoms with E-state index >= 15 is 0 Å². The molecule has 0 aliphatic carbocycles. The highest BCUT2D eigenvalue weighted by molar-refractivity contribution is 5.79. The van der Waals surface area contributed by atoms with Crippen molar-refractivity contribution in [3.05, 3.63) is 111 Å². The van der Waals surface area contributed by atoms with E-state index in [4.69, 9.17) is 4.74 Å². The number of piperazine rings is 1. The largest absolute Gasteiger partial charge is 0.497 e. The van der Waals surface area contributed by atoms with E-state index in [1.807, 2.05) is 6.07 Å². The summed E-state index contributed by atoms with van der Waals surface area (Å²) in [4.78, 5) is 39.2. The van der Waals surface area contributed by atoms with E-state index in [2.05, 4.69) is 15.1 Å². The number of alkyl halides is 6. The van der Waals surface area contributed by atoms with Gasteiger partial charge in [-0.25, -0.2) is 14.6 Å². The van der Waals surface area contributed by atoms with E-state index in [1.165, 1.54) is 7.11 Å². The molecule has 2 aromatic carbocycles. The molecule has 0 saturated carbocycles. The van der Waals surface area contributed by atoms with Gasteiger partial charge in [0.05, 0.1) is 37.5 Å². The number of ether oxygens (including phenoxy) is 1. The van der Waals surface area contributed by atoms with Crippen LogP contribution in [0.4, 0.5) is 32.3 Å². The number of carbonyl (C=O) groups is 1. The van der Waals surface area contributed by atoms with Crippen LogP contribution in [0, 0.1) is 0 Å². The van der Waals surface area contributed by atoms with Crippen molar-refractivity contribution < 1.29 is 35.9 Å². The Kier molecular flexibility index (Phi) is 8.85. The lowest BCUT2D eigenvalue weighted by Crippen LogP contribution is -2.51. The van der Waals surface area contributed by atoms with Gasteiger partial charge in [0.1, 0.15) is 11.3 Å². The SMILES string of the molecule is COc1ccc(Cn2nc(C3c4ccccc4CN3CC(=O)N3CCN(c4ncc(C(F)(F)F)cn4)CC3)cc(C(F)(F)F)c2=O)cc1. The van der Waals surface area contributed by atoms with Gasteiger partial charge in [0.2, 0.25) is 11.9 Å². The number of nitrogens with zero attached hydrogens (tertiary/aromatic N) is 7. The lowest BCUT2D eigenvalue weighted by molar-refractivity contribution is -0.139. The van der Waals surface area contributed by atoms with Crippen LogP contribution in [-0.4, -0.2) is 75.3 Å². The molecule has 2 aromatic heterocycles. The van der Waals surface area contributed by atoms with Crippen molar-refractivity contribution in [3.8, 4) is 5.75 Å². The minimum atomic E-state index is -4.95. The van der Waals surface area contributed by atoms with Crippen molar-refractivity contribution in [2.75, 3.05) is 44.7 Å². The van der Waals surface area contributed by atoms with E-state index in [0.717, 1.165) is 16.3 Å². The molecule has 0 N–H and O–H groups in total. The number of hydrogen-bond donors (Lipinski definition) is 0. The minimum Gasteiger partial charge on any atom is -0.497 e. The van der Waals surface area contributed by atoms with E-state index < -0.39 is 35.1 Å². The second-order valence-electron chi connectivity index (χ2n) is 11.4. The molecule has 4 aromatic rings. The number of anilines is 1. The second kappa shape index (κ2) is 12.9. The van der Waals surface area contributed by atoms with E-state index in [0.29, 0.717) is 29.3 Å². The Morgan fingerprint density at radius 1 is 0.917 bits per heavy atom. The number of aromatic nitrogens is 4. The first kappa shape index (κ1) is 32.9. The summed E-state index contributed by atoms with van der Waals surface area (Å²) in [6, 6.07) is 13.6. The van der Waals surface area contributed by atoms with E-state index in [1.54, 1.807) is 57.2 Å². The smallest absolute Gasteiger partial charge is 0.421 e. The van der Waals surface area contributed by atoms with Crippen molar-refractivity contribution in [1.29, 1.82) is 0 Å². The highest BCUT2D eigenvalue weighted by atomic mass is 19.4. The van der Waals surface area contributed by atoms with Crippen LogP contribution in [0.5, 0.6) is 5.75 Å². The second-order valence-corrected chi connectivity index (χ2v) is 11.4. The molecule has 1 unspecified atom stereocenters. The molecular formula is C32H29F6N7O3. The molecule has 1 amide bonds. The third-order valence-corrected chi connectivity index (χ3v) is 8.38. The average Bonchev–Trinajstić information content (AvgIpc) is 3.43. The molecule has 252 valence electrons. The maximum Gasteiger partial charge on any atom is 0.421 e. The van der Waals surface area contributed by atoms with Gasteiger partial charge in [-0.15, -0.1) is 0 Å². The molecule has 16 heteroatoms. The zero-order valence-electron chi connectivity index (χ0n) is 25.5. The molecule has 0 bridgehead atoms. The van der Waals surface area contributed by atoms with Gasteiger partial charge in [0.15, 0.2) is 0 Å². The fourth-order valence-corrected chi connectivity index (χ4v) is 5.92. The first-order valence-electron chi connectivity index (χ1n) is 14.9. The van der Waals surface area contributed by atoms with Gasteiger partial charge in [-0.2, -0.15) is 31.4 Å². The molecule has 1 saturated heterocycles. The summed E-state index contributed by atoms with van der Waals surface area (Å²) in [6.45, 7) is 0.889. The van der Waals surface area contributed by atoms with Gasteiger partial charge >= 0.3 is 12.4 Å². The number of amides is 1. The molecule has 48 heavy (non-hydrogen) atoms. The normalized spacial score (nSPS) is 17.0. The first-order valence-corrected chi connectivity index (χ1v) is 14.9. The average molecular weight is 674 g/mol. The Morgan fingerprint density at radius 3 is 2.21 bits per heavy atom. The van der Waals surface area contributed by atoms with Crippen LogP contribution in [0.1, 0.15) is 39.6 Å². The van der Waals surface area contributed by atoms with Gasteiger partial charge in [-0.05, 0) is 34.9 Å². The Labute approximate surface area is 270 Å². The summed E-state index contributed by atoms with van der Waals surface area (Å²) >= 11 is 0. The molecule has 1 atom stereocenters. The summed E-state index contributed by atoms with van der Waals surface area (Å²) in [6.07, 6.45) is -8.09. The summed E-state index contributed by atoms with van der Waals surface area (Å²) in [7, 11) is 1.48. The molecule has 0 radical (unpaired) electrons. The molecular weight excluding hydrogens is 644 g/mol. The standard InChI is InChI=1S/C32H29F6N7O3/c1-48-23-8-6-20(7-9-23)17-45-29(47)25(32(36,37)38)14-26(41-45)28-24-5-3-2-4-21(24)18-44(28)19-27(46)42-10-12-43(13-11-42)30-39-15-22(16-40-30)31(33,34)35/h2-9,14-16,28H,10-13,17-19H2,1H3. The highest BCUT2D eigenvalue weighted by Gasteiger charge is 2.40. The number of fused-ring (bicyclic) bond motifs is 1. The number of hydrogen-bond acceptors (Lipinski definition) is 8. The zero-order valence-corrected chi connectivity index (χ0v) is 25.5. The van der Waals surface area contributed by atoms with Crippen molar-refractivity contribution in [3.63, 3.8) is 0 Å².